The van der Waals surface area contributed by atoms with Crippen LogP contribution in [0.25, 0.3) is 0 Å². The molecule has 2 aromatic rings. The summed E-state index contributed by atoms with van der Waals surface area (Å²) in [5.74, 6) is -0.762. The molecule has 0 saturated carbocycles. The lowest BCUT2D eigenvalue weighted by atomic mass is 10.0. The minimum absolute atomic E-state index is 0.154. The number of nitrogens with zero attached hydrogens (tertiary/aromatic N) is 1. The van der Waals surface area contributed by atoms with Gasteiger partial charge in [0.2, 0.25) is 0 Å². The first-order valence-corrected chi connectivity index (χ1v) is 7.50. The summed E-state index contributed by atoms with van der Waals surface area (Å²) in [5, 5.41) is 9.02. The molecule has 5 nitrogen and oxygen atoms in total. The predicted octanol–water partition coefficient (Wildman–Crippen LogP) is 2.49. The molecule has 1 amide bonds. The zero-order chi connectivity index (χ0) is 17.3. The number of carbonyl (C=O) groups is 2. The predicted molar refractivity (Wildman–Crippen MR) is 85.7 cm³/mol. The minimum Gasteiger partial charge on any atom is -0.482 e. The molecule has 1 aliphatic rings. The van der Waals surface area contributed by atoms with Crippen LogP contribution >= 0.6 is 0 Å². The van der Waals surface area contributed by atoms with E-state index in [0.29, 0.717) is 17.0 Å². The van der Waals surface area contributed by atoms with Crippen LogP contribution in [-0.4, -0.2) is 30.0 Å². The molecule has 2 aromatic carbocycles. The van der Waals surface area contributed by atoms with Crippen molar-refractivity contribution in [1.29, 1.82) is 0 Å². The first-order valence-electron chi connectivity index (χ1n) is 7.50. The Morgan fingerprint density at radius 3 is 2.79 bits per heavy atom. The van der Waals surface area contributed by atoms with Gasteiger partial charge in [-0.05, 0) is 31.2 Å². The Labute approximate surface area is 138 Å². The standard InChI is InChI=1S/C18H16FNO4/c1-11(13-4-2-3-5-14(13)19)20-15-8-12(16(22)9-21)6-7-17(15)24-10-18(20)23/h2-8,11,21H,9-10H2,1H3. The van der Waals surface area contributed by atoms with E-state index >= 15 is 0 Å². The number of amides is 1. The van der Waals surface area contributed by atoms with Crippen molar-refractivity contribution in [2.45, 2.75) is 13.0 Å². The average Bonchev–Trinajstić information content (AvgIpc) is 2.60. The highest BCUT2D eigenvalue weighted by Crippen LogP contribution is 2.38. The summed E-state index contributed by atoms with van der Waals surface area (Å²) in [6.45, 7) is 0.932. The second kappa shape index (κ2) is 6.41. The maximum absolute atomic E-state index is 14.1. The molecule has 1 aliphatic heterocycles. The fourth-order valence-corrected chi connectivity index (χ4v) is 2.81. The Balaban J connectivity index is 2.07. The molecule has 1 atom stereocenters. The Hall–Kier alpha value is -2.73. The van der Waals surface area contributed by atoms with Crippen molar-refractivity contribution in [1.82, 2.24) is 0 Å². The monoisotopic (exact) mass is 329 g/mol. The summed E-state index contributed by atoms with van der Waals surface area (Å²) in [7, 11) is 0. The maximum Gasteiger partial charge on any atom is 0.265 e. The number of anilines is 1. The van der Waals surface area contributed by atoms with E-state index in [2.05, 4.69) is 0 Å². The van der Waals surface area contributed by atoms with Gasteiger partial charge in [-0.2, -0.15) is 0 Å². The molecule has 0 saturated heterocycles. The fraction of sp³-hybridized carbons (Fsp3) is 0.222. The number of halogens is 1. The molecule has 0 aliphatic carbocycles. The van der Waals surface area contributed by atoms with Crippen molar-refractivity contribution in [3.05, 3.63) is 59.4 Å². The Morgan fingerprint density at radius 2 is 2.08 bits per heavy atom. The summed E-state index contributed by atoms with van der Waals surface area (Å²) >= 11 is 0. The normalized spacial score (nSPS) is 14.8. The van der Waals surface area contributed by atoms with Gasteiger partial charge in [0, 0.05) is 11.1 Å². The first-order chi connectivity index (χ1) is 11.5. The van der Waals surface area contributed by atoms with E-state index in [0.717, 1.165) is 0 Å². The van der Waals surface area contributed by atoms with Gasteiger partial charge in [0.25, 0.3) is 5.91 Å². The smallest absolute Gasteiger partial charge is 0.265 e. The zero-order valence-corrected chi connectivity index (χ0v) is 13.0. The molecule has 1 N–H and O–H groups in total. The maximum atomic E-state index is 14.1. The van der Waals surface area contributed by atoms with E-state index in [1.807, 2.05) is 0 Å². The molecular weight excluding hydrogens is 313 g/mol. The molecule has 24 heavy (non-hydrogen) atoms. The van der Waals surface area contributed by atoms with Crippen LogP contribution in [0.1, 0.15) is 28.9 Å². The van der Waals surface area contributed by atoms with E-state index in [-0.39, 0.29) is 18.1 Å². The molecule has 1 heterocycles. The zero-order valence-electron chi connectivity index (χ0n) is 13.0. The van der Waals surface area contributed by atoms with E-state index < -0.39 is 24.2 Å². The summed E-state index contributed by atoms with van der Waals surface area (Å²) in [6, 6.07) is 10.3. The van der Waals surface area contributed by atoms with Crippen molar-refractivity contribution in [3.63, 3.8) is 0 Å². The molecule has 1 unspecified atom stereocenters. The van der Waals surface area contributed by atoms with Crippen LogP contribution in [0.5, 0.6) is 5.75 Å². The second-order valence-corrected chi connectivity index (χ2v) is 5.51. The topological polar surface area (TPSA) is 66.8 Å². The number of ketones is 1. The molecule has 0 bridgehead atoms. The van der Waals surface area contributed by atoms with Gasteiger partial charge in [0.1, 0.15) is 18.2 Å². The second-order valence-electron chi connectivity index (χ2n) is 5.51. The van der Waals surface area contributed by atoms with Gasteiger partial charge in [-0.25, -0.2) is 4.39 Å². The summed E-state index contributed by atoms with van der Waals surface area (Å²) < 4.78 is 19.5. The van der Waals surface area contributed by atoms with E-state index in [9.17, 15) is 14.0 Å². The van der Waals surface area contributed by atoms with Gasteiger partial charge in [-0.3, -0.25) is 14.5 Å². The largest absolute Gasteiger partial charge is 0.482 e. The SMILES string of the molecule is CC(c1ccccc1F)N1C(=O)COc2ccc(C(=O)CO)cc21. The third kappa shape index (κ3) is 2.76. The lowest BCUT2D eigenvalue weighted by Gasteiger charge is -2.34. The van der Waals surface area contributed by atoms with Crippen LogP contribution in [0.2, 0.25) is 0 Å². The van der Waals surface area contributed by atoms with E-state index in [1.54, 1.807) is 31.2 Å². The highest BCUT2D eigenvalue weighted by Gasteiger charge is 2.32. The lowest BCUT2D eigenvalue weighted by Crippen LogP contribution is -2.40. The molecular formula is C18H16FNO4. The first kappa shape index (κ1) is 16.1. The van der Waals surface area contributed by atoms with Crippen molar-refractivity contribution in [2.75, 3.05) is 18.1 Å². The van der Waals surface area contributed by atoms with Crippen LogP contribution in [0.15, 0.2) is 42.5 Å². The van der Waals surface area contributed by atoms with Crippen LogP contribution in [-0.2, 0) is 4.79 Å². The van der Waals surface area contributed by atoms with Crippen LogP contribution in [0.4, 0.5) is 10.1 Å². The Bertz CT molecular complexity index is 805. The molecule has 6 heteroatoms. The van der Waals surface area contributed by atoms with Gasteiger partial charge >= 0.3 is 0 Å². The number of hydrogen-bond donors (Lipinski definition) is 1. The van der Waals surface area contributed by atoms with Crippen LogP contribution < -0.4 is 9.64 Å². The van der Waals surface area contributed by atoms with Crippen molar-refractivity contribution < 1.29 is 23.8 Å². The van der Waals surface area contributed by atoms with Crippen LogP contribution in [0, 0.1) is 5.82 Å². The number of fused-ring (bicyclic) bond motifs is 1. The number of ether oxygens (including phenoxy) is 1. The number of hydrogen-bond acceptors (Lipinski definition) is 4. The molecule has 0 fully saturated rings. The lowest BCUT2D eigenvalue weighted by molar-refractivity contribution is -0.121. The van der Waals surface area contributed by atoms with Crippen molar-refractivity contribution in [2.24, 2.45) is 0 Å². The highest BCUT2D eigenvalue weighted by molar-refractivity contribution is 6.02. The highest BCUT2D eigenvalue weighted by atomic mass is 19.1. The Kier molecular flexibility index (Phi) is 4.31. The van der Waals surface area contributed by atoms with Crippen LogP contribution in [0.3, 0.4) is 0 Å². The third-order valence-electron chi connectivity index (χ3n) is 4.05. The molecule has 124 valence electrons. The summed E-state index contributed by atoms with van der Waals surface area (Å²) in [6.07, 6.45) is 0. The third-order valence-corrected chi connectivity index (χ3v) is 4.05. The minimum atomic E-state index is -0.629. The van der Waals surface area contributed by atoms with E-state index in [1.165, 1.54) is 23.1 Å². The number of aliphatic hydroxyl groups is 1. The molecule has 0 radical (unpaired) electrons. The van der Waals surface area contributed by atoms with E-state index in [4.69, 9.17) is 9.84 Å². The fourth-order valence-electron chi connectivity index (χ4n) is 2.81. The molecule has 3 rings (SSSR count). The van der Waals surface area contributed by atoms with Gasteiger partial charge in [-0.15, -0.1) is 0 Å². The van der Waals surface area contributed by atoms with Gasteiger partial charge < -0.3 is 9.84 Å². The molecule has 0 spiro atoms. The van der Waals surface area contributed by atoms with Gasteiger partial charge in [0.05, 0.1) is 11.7 Å². The van der Waals surface area contributed by atoms with Crippen molar-refractivity contribution in [3.8, 4) is 5.75 Å². The number of rotatable bonds is 4. The van der Waals surface area contributed by atoms with Crippen molar-refractivity contribution >= 4 is 17.4 Å². The summed E-state index contributed by atoms with van der Waals surface area (Å²) in [4.78, 5) is 25.5. The quantitative estimate of drug-likeness (QED) is 0.875. The Morgan fingerprint density at radius 1 is 1.33 bits per heavy atom. The van der Waals surface area contributed by atoms with Gasteiger partial charge in [0.15, 0.2) is 12.4 Å². The number of Topliss-reactive ketones (excluding diaryl/α,β-unsaturated/α-hetero) is 1. The number of carbonyl (C=O) groups excluding carboxylic acids is 2. The summed E-state index contributed by atoms with van der Waals surface area (Å²) in [5.41, 5.74) is 1.03. The molecule has 0 aromatic heterocycles. The van der Waals surface area contributed by atoms with Gasteiger partial charge in [-0.1, -0.05) is 18.2 Å². The number of benzene rings is 2. The average molecular weight is 329 g/mol. The number of aliphatic hydroxyl groups excluding tert-OH is 1.